The van der Waals surface area contributed by atoms with Gasteiger partial charge in [0.2, 0.25) is 0 Å². The molecule has 8 aromatic rings. The Hall–Kier alpha value is -7.31. The van der Waals surface area contributed by atoms with Crippen molar-refractivity contribution in [3.8, 4) is 0 Å². The van der Waals surface area contributed by atoms with E-state index in [9.17, 15) is 60.5 Å². The van der Waals surface area contributed by atoms with Crippen LogP contribution in [0, 0.1) is 56.0 Å². The molecule has 0 amide bonds. The molecule has 76 heavy (non-hydrogen) atoms. The molecule has 36 heteroatoms. The molecule has 5 heterocycles. The van der Waals surface area contributed by atoms with Crippen LogP contribution in [0.1, 0.15) is 37.5 Å². The van der Waals surface area contributed by atoms with Crippen LogP contribution in [-0.4, -0.2) is 93.6 Å². The summed E-state index contributed by atoms with van der Waals surface area (Å²) in [6.45, 7) is 10.9. The highest BCUT2D eigenvalue weighted by atomic mass is 79.9. The summed E-state index contributed by atoms with van der Waals surface area (Å²) in [7, 11) is -11.2. The van der Waals surface area contributed by atoms with Gasteiger partial charge < -0.3 is 40.9 Å². The number of hydrogen-bond donors (Lipinski definition) is 3. The van der Waals surface area contributed by atoms with Crippen molar-refractivity contribution in [2.24, 2.45) is 5.34 Å². The van der Waals surface area contributed by atoms with E-state index in [1.54, 1.807) is 57.2 Å². The third kappa shape index (κ3) is 18.5. The van der Waals surface area contributed by atoms with Crippen LogP contribution in [0.5, 0.6) is 0 Å². The van der Waals surface area contributed by atoms with E-state index in [2.05, 4.69) is 93.7 Å². The van der Waals surface area contributed by atoms with Gasteiger partial charge >= 0.3 is 17.5 Å². The maximum absolute atomic E-state index is 12.2. The molecule has 0 fully saturated rings. The number of rotatable bonds is 10. The van der Waals surface area contributed by atoms with Crippen LogP contribution in [-0.2, 0) is 34.9 Å². The van der Waals surface area contributed by atoms with Crippen molar-refractivity contribution >= 4 is 113 Å². The Labute approximate surface area is 461 Å². The molecule has 0 bridgehead atoms. The Bertz CT molecular complexity index is 3380. The largest absolute Gasteiger partial charge is 0.405 e. The lowest BCUT2D eigenvalue weighted by Crippen LogP contribution is -2.14. The summed E-state index contributed by atoms with van der Waals surface area (Å²) in [4.78, 5) is 42.4. The zero-order valence-electron chi connectivity index (χ0n) is 39.9. The number of halogens is 4. The van der Waals surface area contributed by atoms with E-state index in [-0.39, 0.29) is 41.8 Å². The molecule has 8 rings (SSSR count). The number of nitrogens with two attached hydrogens (primary N) is 1. The Morgan fingerprint density at radius 2 is 0.921 bits per heavy atom. The highest BCUT2D eigenvalue weighted by Crippen LogP contribution is 2.26. The first-order valence-electron chi connectivity index (χ1n) is 20.4. The predicted molar refractivity (Wildman–Crippen MR) is 284 cm³/mol. The average molecular weight is 1330 g/mol. The normalized spacial score (nSPS) is 11.0. The van der Waals surface area contributed by atoms with Gasteiger partial charge in [-0.05, 0) is 141 Å². The summed E-state index contributed by atoms with van der Waals surface area (Å²) in [5, 5.41) is 54.7. The van der Waals surface area contributed by atoms with Crippen LogP contribution < -0.4 is 5.73 Å². The number of nitrogen functional groups attached to an aromatic ring is 1. The minimum Gasteiger partial charge on any atom is -0.381 e. The van der Waals surface area contributed by atoms with Crippen LogP contribution in [0.3, 0.4) is 0 Å². The van der Waals surface area contributed by atoms with Crippen molar-refractivity contribution in [1.82, 2.24) is 48.0 Å². The molecule has 3 aromatic carbocycles. The van der Waals surface area contributed by atoms with Gasteiger partial charge in [-0.15, -0.1) is 25.3 Å². The highest BCUT2D eigenvalue weighted by Gasteiger charge is 2.28. The second kappa shape index (κ2) is 27.5. The lowest BCUT2D eigenvalue weighted by molar-refractivity contribution is -0.390. The molecule has 0 saturated carbocycles. The molecule has 0 saturated heterocycles. The van der Waals surface area contributed by atoms with Crippen molar-refractivity contribution < 1.29 is 44.9 Å². The monoisotopic (exact) mass is 1320 g/mol. The number of H-pyrrole nitrogens is 2. The molecule has 0 aliphatic carbocycles. The fourth-order valence-corrected chi connectivity index (χ4v) is 9.68. The molecule has 4 N–H and O–H groups in total. The molecule has 406 valence electrons. The maximum atomic E-state index is 12.2. The fourth-order valence-electron chi connectivity index (χ4n) is 4.74. The average Bonchev–Trinajstić information content (AvgIpc) is 4.21. The van der Waals surface area contributed by atoms with Crippen LogP contribution in [0.4, 0.5) is 23.3 Å². The van der Waals surface area contributed by atoms with Gasteiger partial charge in [0, 0.05) is 0 Å². The van der Waals surface area contributed by atoms with Crippen molar-refractivity contribution in [2.45, 2.75) is 61.8 Å². The van der Waals surface area contributed by atoms with Crippen molar-refractivity contribution in [2.75, 3.05) is 5.73 Å². The van der Waals surface area contributed by atoms with Crippen molar-refractivity contribution in [1.29, 1.82) is 0 Å². The molecule has 29 nitrogen and oxygen atoms in total. The number of aromatic nitrogens is 10. The zero-order chi connectivity index (χ0) is 57.3. The summed E-state index contributed by atoms with van der Waals surface area (Å²) in [6.07, 6.45) is 6.35. The lowest BCUT2D eigenvalue weighted by atomic mass is 10.2. The van der Waals surface area contributed by atoms with Crippen LogP contribution in [0.2, 0.25) is 5.15 Å². The predicted octanol–water partition coefficient (Wildman–Crippen LogP) is 8.84. The van der Waals surface area contributed by atoms with Gasteiger partial charge in [0.25, 0.3) is 30.1 Å². The van der Waals surface area contributed by atoms with E-state index in [1.807, 2.05) is 20.8 Å². The summed E-state index contributed by atoms with van der Waals surface area (Å²) < 4.78 is 76.1. The van der Waals surface area contributed by atoms with E-state index in [0.717, 1.165) is 31.1 Å². The molecule has 5 aromatic heterocycles. The molecular weight excluding hydrogens is 1290 g/mol. The molecule has 0 aliphatic heterocycles. The van der Waals surface area contributed by atoms with Gasteiger partial charge in [-0.1, -0.05) is 79.0 Å². The third-order valence-electron chi connectivity index (χ3n) is 8.46. The number of nitrogens with zero attached hydrogens (tertiary/aromatic N) is 12. The molecule has 0 spiro atoms. The van der Waals surface area contributed by atoms with E-state index in [1.165, 1.54) is 73.3 Å². The van der Waals surface area contributed by atoms with Crippen LogP contribution in [0.15, 0.2) is 149 Å². The number of aryl methyl sites for hydroxylation is 3. The van der Waals surface area contributed by atoms with Crippen molar-refractivity contribution in [3.63, 3.8) is 0 Å². The second-order valence-electron chi connectivity index (χ2n) is 15.4. The summed E-state index contributed by atoms with van der Waals surface area (Å²) in [5.74, 6) is -0.564. The Morgan fingerprint density at radius 1 is 0.579 bits per heavy atom. The quantitative estimate of drug-likeness (QED) is 0.0653. The van der Waals surface area contributed by atoms with Gasteiger partial charge in [0.1, 0.15) is 10.1 Å². The Morgan fingerprint density at radius 3 is 1.14 bits per heavy atom. The molecule has 0 aliphatic rings. The minimum absolute atomic E-state index is 0.00758. The number of aromatic amines is 2. The zero-order valence-corrected chi connectivity index (χ0v) is 47.8. The second-order valence-corrected chi connectivity index (χ2v) is 23.7. The Kier molecular flexibility index (Phi) is 22.8. The maximum Gasteiger partial charge on any atom is 0.405 e. The van der Waals surface area contributed by atoms with E-state index in [0.29, 0.717) is 13.0 Å². The summed E-state index contributed by atoms with van der Waals surface area (Å²) >= 11 is 14.8. The van der Waals surface area contributed by atoms with Gasteiger partial charge in [-0.25, -0.2) is 0 Å². The number of nitrogens with one attached hydrogen (secondary N) is 2. The number of hydrogen-bond acceptors (Lipinski definition) is 21. The molecule has 0 atom stereocenters. The SMILES string of the molecule is CC(C)(C)ON=O.Cc1ccc(S(=O)(=O)n2cc(Br)c(Cl)n2)cc1.Cc1ccc(S(=O)(=O)n2cc(Br)c(N)n2)cc1.Cc1ccc(S(=O)(=O)n2cc(Br)c([N+](=O)[O-])n2)cc1.O=[N+]([O-])c1ccn[nH]1.O=[N+]([O-])c1ccn[nH]1. The fraction of sp³-hybridized carbons (Fsp3) is 0.175. The van der Waals surface area contributed by atoms with Crippen LogP contribution >= 0.6 is 59.4 Å². The standard InChI is InChI=1S/C10H8BrClN2O2S.C10H8BrN3O4S.C10H10BrN3O2S.C4H9NO2.2C3H3N3O2/c1-7-2-4-8(5-3-7)17(15,16)14-6-9(11)10(12)13-14;1-7-2-4-8(5-3-7)19(17,18)13-6-9(11)10(12-13)14(15)16;1-7-2-4-8(5-3-7)17(15,16)14-6-9(11)10(12)13-14;1-4(2,3)7-5-6;2*7-6(8)3-1-2-4-5-3/h2-6H,1H3;2-6H,1H3;2-6H,1H3,(H2,12,13);1-3H3;2*1-2H,(H,4,5). The van der Waals surface area contributed by atoms with Crippen LogP contribution in [0.25, 0.3) is 0 Å². The van der Waals surface area contributed by atoms with Gasteiger partial charge in [-0.3, -0.25) is 0 Å². The number of benzene rings is 3. The van der Waals surface area contributed by atoms with Gasteiger partial charge in [0.05, 0.1) is 71.8 Å². The lowest BCUT2D eigenvalue weighted by Gasteiger charge is -2.11. The molecular formula is C40H41Br3ClN15O14S3. The van der Waals surface area contributed by atoms with E-state index < -0.39 is 56.3 Å². The first-order valence-corrected chi connectivity index (χ1v) is 27.5. The number of anilines is 1. The van der Waals surface area contributed by atoms with Crippen molar-refractivity contribution in [3.05, 3.63) is 186 Å². The molecule has 0 unspecified atom stereocenters. The summed E-state index contributed by atoms with van der Waals surface area (Å²) in [6, 6.07) is 21.8. The topological polar surface area (TPSA) is 407 Å². The number of nitro groups is 3. The third-order valence-corrected chi connectivity index (χ3v) is 15.4. The Balaban J connectivity index is 0.000000250. The summed E-state index contributed by atoms with van der Waals surface area (Å²) in [5.41, 5.74) is 7.96. The molecule has 0 radical (unpaired) electrons. The first kappa shape index (κ1) is 63.0. The smallest absolute Gasteiger partial charge is 0.381 e. The van der Waals surface area contributed by atoms with E-state index in [4.69, 9.17) is 17.3 Å². The van der Waals surface area contributed by atoms with E-state index >= 15 is 0 Å². The highest BCUT2D eigenvalue weighted by molar-refractivity contribution is 9.11. The van der Waals surface area contributed by atoms with Gasteiger partial charge in [-0.2, -0.15) is 33.4 Å². The minimum atomic E-state index is -3.92. The van der Waals surface area contributed by atoms with Gasteiger partial charge in [0.15, 0.2) is 16.3 Å². The first-order chi connectivity index (χ1) is 35.3.